The largest absolute Gasteiger partial charge is 0.260 e. The Morgan fingerprint density at radius 2 is 1.48 bits per heavy atom. The van der Waals surface area contributed by atoms with Crippen LogP contribution in [0.4, 0.5) is 0 Å². The lowest BCUT2D eigenvalue weighted by molar-refractivity contribution is 1.09. The molecule has 0 bridgehead atoms. The molecule has 0 aliphatic carbocycles. The van der Waals surface area contributed by atoms with Gasteiger partial charge in [0.2, 0.25) is 0 Å². The molecule has 0 fully saturated rings. The highest BCUT2D eigenvalue weighted by molar-refractivity contribution is 5.86. The van der Waals surface area contributed by atoms with Gasteiger partial charge in [-0.3, -0.25) is 4.98 Å². The monoisotopic (exact) mass is 275 g/mol. The predicted octanol–water partition coefficient (Wildman–Crippen LogP) is 5.06. The van der Waals surface area contributed by atoms with Crippen molar-refractivity contribution in [3.63, 3.8) is 0 Å². The van der Waals surface area contributed by atoms with Crippen molar-refractivity contribution in [2.24, 2.45) is 0 Å². The molecule has 0 aliphatic rings. The summed E-state index contributed by atoms with van der Waals surface area (Å²) >= 11 is 0. The first-order valence-corrected chi connectivity index (χ1v) is 7.45. The number of rotatable bonds is 2. The van der Waals surface area contributed by atoms with Crippen LogP contribution < -0.4 is 0 Å². The molecule has 3 rings (SSSR count). The van der Waals surface area contributed by atoms with E-state index in [0.717, 1.165) is 6.42 Å². The summed E-state index contributed by atoms with van der Waals surface area (Å²) in [4.78, 5) is 4.63. The van der Waals surface area contributed by atoms with Crippen molar-refractivity contribution in [2.75, 3.05) is 0 Å². The van der Waals surface area contributed by atoms with Crippen molar-refractivity contribution in [1.29, 1.82) is 0 Å². The minimum atomic E-state index is 0.891. The van der Waals surface area contributed by atoms with Gasteiger partial charge >= 0.3 is 0 Å². The molecule has 106 valence electrons. The maximum absolute atomic E-state index is 4.63. The lowest BCUT2D eigenvalue weighted by Crippen LogP contribution is -1.96. The van der Waals surface area contributed by atoms with Gasteiger partial charge in [-0.1, -0.05) is 35.4 Å². The van der Waals surface area contributed by atoms with E-state index in [1.165, 1.54) is 44.3 Å². The lowest BCUT2D eigenvalue weighted by atomic mass is 9.98. The Morgan fingerprint density at radius 1 is 0.810 bits per heavy atom. The van der Waals surface area contributed by atoms with Crippen LogP contribution in [0.5, 0.6) is 0 Å². The number of pyridine rings is 1. The van der Waals surface area contributed by atoms with Crippen molar-refractivity contribution in [2.45, 2.75) is 34.1 Å². The van der Waals surface area contributed by atoms with Crippen molar-refractivity contribution < 1.29 is 0 Å². The molecule has 1 aromatic heterocycles. The summed E-state index contributed by atoms with van der Waals surface area (Å²) < 4.78 is 0. The number of benzene rings is 2. The van der Waals surface area contributed by atoms with Crippen LogP contribution in [0.15, 0.2) is 42.6 Å². The van der Waals surface area contributed by atoms with Crippen LogP contribution in [0.25, 0.3) is 10.8 Å². The zero-order valence-electron chi connectivity index (χ0n) is 13.2. The molecule has 0 atom stereocenters. The number of nitrogens with zero attached hydrogens (tertiary/aromatic N) is 1. The van der Waals surface area contributed by atoms with Crippen molar-refractivity contribution in [3.05, 3.63) is 76.1 Å². The van der Waals surface area contributed by atoms with Gasteiger partial charge in [0.15, 0.2) is 0 Å². The molecular weight excluding hydrogens is 254 g/mol. The highest BCUT2D eigenvalue weighted by atomic mass is 14.7. The third-order valence-corrected chi connectivity index (χ3v) is 4.11. The average molecular weight is 275 g/mol. The van der Waals surface area contributed by atoms with Gasteiger partial charge in [-0.05, 0) is 61.9 Å². The third kappa shape index (κ3) is 2.82. The summed E-state index contributed by atoms with van der Waals surface area (Å²) in [6.07, 6.45) is 2.82. The molecule has 0 aliphatic heterocycles. The maximum atomic E-state index is 4.63. The molecule has 1 nitrogen and oxygen atoms in total. The molecule has 0 spiro atoms. The van der Waals surface area contributed by atoms with Crippen LogP contribution in [-0.2, 0) is 6.42 Å². The summed E-state index contributed by atoms with van der Waals surface area (Å²) in [5.74, 6) is 0. The highest BCUT2D eigenvalue weighted by Gasteiger charge is 2.06. The average Bonchev–Trinajstić information content (AvgIpc) is 2.40. The number of hydrogen-bond donors (Lipinski definition) is 0. The van der Waals surface area contributed by atoms with E-state index in [4.69, 9.17) is 0 Å². The fourth-order valence-corrected chi connectivity index (χ4v) is 3.01. The number of aromatic nitrogens is 1. The molecule has 0 radical (unpaired) electrons. The SMILES string of the molecule is Cc1cc(C)cc(Cc2nccc3cc(C)c(C)cc23)c1. The number of fused-ring (bicyclic) bond motifs is 1. The summed E-state index contributed by atoms with van der Waals surface area (Å²) in [5, 5.41) is 2.56. The molecule has 0 unspecified atom stereocenters. The van der Waals surface area contributed by atoms with Crippen LogP contribution in [0.1, 0.15) is 33.5 Å². The van der Waals surface area contributed by atoms with E-state index in [1.54, 1.807) is 0 Å². The van der Waals surface area contributed by atoms with E-state index < -0.39 is 0 Å². The van der Waals surface area contributed by atoms with Gasteiger partial charge in [0, 0.05) is 18.0 Å². The highest BCUT2D eigenvalue weighted by Crippen LogP contribution is 2.23. The summed E-state index contributed by atoms with van der Waals surface area (Å²) in [6, 6.07) is 13.4. The molecule has 0 saturated carbocycles. The Labute approximate surface area is 126 Å². The molecule has 3 aromatic rings. The Hall–Kier alpha value is -2.15. The first kappa shape index (κ1) is 13.8. The molecule has 0 amide bonds. The predicted molar refractivity (Wildman–Crippen MR) is 89.9 cm³/mol. The van der Waals surface area contributed by atoms with E-state index in [2.05, 4.69) is 69.1 Å². The molecule has 2 aromatic carbocycles. The van der Waals surface area contributed by atoms with E-state index in [0.29, 0.717) is 0 Å². The van der Waals surface area contributed by atoms with Crippen LogP contribution in [-0.4, -0.2) is 4.98 Å². The fraction of sp³-hybridized carbons (Fsp3) is 0.250. The quantitative estimate of drug-likeness (QED) is 0.637. The van der Waals surface area contributed by atoms with Gasteiger partial charge in [0.25, 0.3) is 0 Å². The van der Waals surface area contributed by atoms with E-state index in [-0.39, 0.29) is 0 Å². The Bertz CT molecular complexity index is 795. The lowest BCUT2D eigenvalue weighted by Gasteiger charge is -2.10. The topological polar surface area (TPSA) is 12.9 Å². The minimum absolute atomic E-state index is 0.891. The van der Waals surface area contributed by atoms with Crippen molar-refractivity contribution in [1.82, 2.24) is 4.98 Å². The van der Waals surface area contributed by atoms with Crippen LogP contribution in [0.3, 0.4) is 0 Å². The van der Waals surface area contributed by atoms with E-state index >= 15 is 0 Å². The first-order chi connectivity index (χ1) is 10.0. The molecule has 0 N–H and O–H groups in total. The second kappa shape index (κ2) is 5.33. The zero-order chi connectivity index (χ0) is 15.0. The first-order valence-electron chi connectivity index (χ1n) is 7.45. The van der Waals surface area contributed by atoms with E-state index in [1.807, 2.05) is 6.20 Å². The van der Waals surface area contributed by atoms with Crippen molar-refractivity contribution in [3.8, 4) is 0 Å². The second-order valence-corrected chi connectivity index (χ2v) is 6.09. The Morgan fingerprint density at radius 3 is 2.19 bits per heavy atom. The fourth-order valence-electron chi connectivity index (χ4n) is 3.01. The van der Waals surface area contributed by atoms with Gasteiger partial charge in [-0.15, -0.1) is 0 Å². The second-order valence-electron chi connectivity index (χ2n) is 6.09. The molecule has 21 heavy (non-hydrogen) atoms. The van der Waals surface area contributed by atoms with Gasteiger partial charge in [-0.25, -0.2) is 0 Å². The smallest absolute Gasteiger partial charge is 0.0525 e. The third-order valence-electron chi connectivity index (χ3n) is 4.11. The van der Waals surface area contributed by atoms with Crippen LogP contribution in [0, 0.1) is 27.7 Å². The normalized spacial score (nSPS) is 11.0. The summed E-state index contributed by atoms with van der Waals surface area (Å²) in [5.41, 5.74) is 7.81. The zero-order valence-corrected chi connectivity index (χ0v) is 13.2. The number of hydrogen-bond acceptors (Lipinski definition) is 1. The maximum Gasteiger partial charge on any atom is 0.0525 e. The Kier molecular flexibility index (Phi) is 3.50. The van der Waals surface area contributed by atoms with Gasteiger partial charge < -0.3 is 0 Å². The Balaban J connectivity index is 2.10. The molecule has 1 heterocycles. The molecule has 0 saturated heterocycles. The van der Waals surface area contributed by atoms with E-state index in [9.17, 15) is 0 Å². The van der Waals surface area contributed by atoms with Gasteiger partial charge in [0.05, 0.1) is 5.69 Å². The molecule has 1 heteroatoms. The number of aryl methyl sites for hydroxylation is 4. The standard InChI is InChI=1S/C20H21N/c1-13-7-14(2)9-17(8-13)12-20-19-11-16(4)15(3)10-18(19)5-6-21-20/h5-11H,12H2,1-4H3. The van der Waals surface area contributed by atoms with Gasteiger partial charge in [-0.2, -0.15) is 0 Å². The molecular formula is C20H21N. The van der Waals surface area contributed by atoms with Crippen molar-refractivity contribution >= 4 is 10.8 Å². The van der Waals surface area contributed by atoms with Crippen LogP contribution in [0.2, 0.25) is 0 Å². The minimum Gasteiger partial charge on any atom is -0.260 e. The van der Waals surface area contributed by atoms with Crippen LogP contribution >= 0.6 is 0 Å². The summed E-state index contributed by atoms with van der Waals surface area (Å²) in [6.45, 7) is 8.64. The summed E-state index contributed by atoms with van der Waals surface area (Å²) in [7, 11) is 0. The van der Waals surface area contributed by atoms with Gasteiger partial charge in [0.1, 0.15) is 0 Å².